The number of benzene rings is 1. The lowest BCUT2D eigenvalue weighted by molar-refractivity contribution is -0.384. The second kappa shape index (κ2) is 8.97. The van der Waals surface area contributed by atoms with Crippen molar-refractivity contribution in [2.24, 2.45) is 7.05 Å². The zero-order valence-corrected chi connectivity index (χ0v) is 16.3. The average Bonchev–Trinajstić information content (AvgIpc) is 3.09. The molecule has 0 saturated carbocycles. The van der Waals surface area contributed by atoms with Gasteiger partial charge in [-0.05, 0) is 37.8 Å². The van der Waals surface area contributed by atoms with Crippen LogP contribution < -0.4 is 0 Å². The van der Waals surface area contributed by atoms with Crippen molar-refractivity contribution < 1.29 is 14.5 Å². The number of non-ortho nitro benzene ring substituents is 1. The third-order valence-corrected chi connectivity index (χ3v) is 4.89. The molecule has 1 unspecified atom stereocenters. The van der Waals surface area contributed by atoms with Crippen LogP contribution in [0.25, 0.3) is 11.3 Å². The SMILES string of the molecule is CCCN(CC1CCCCO1)C(=O)c1cn(C)nc1-c1ccc([N+](=O)[O-])cc1. The lowest BCUT2D eigenvalue weighted by Gasteiger charge is -2.29. The number of nitrogens with zero attached hydrogens (tertiary/aromatic N) is 4. The molecule has 1 aliphatic rings. The second-order valence-corrected chi connectivity index (χ2v) is 7.11. The van der Waals surface area contributed by atoms with E-state index >= 15 is 0 Å². The minimum atomic E-state index is -0.443. The van der Waals surface area contributed by atoms with Gasteiger partial charge in [-0.25, -0.2) is 0 Å². The number of hydrogen-bond donors (Lipinski definition) is 0. The third-order valence-electron chi connectivity index (χ3n) is 4.89. The molecule has 2 heterocycles. The van der Waals surface area contributed by atoms with Gasteiger partial charge in [0, 0.05) is 50.6 Å². The minimum Gasteiger partial charge on any atom is -0.376 e. The fourth-order valence-corrected chi connectivity index (χ4v) is 3.51. The van der Waals surface area contributed by atoms with E-state index < -0.39 is 4.92 Å². The fourth-order valence-electron chi connectivity index (χ4n) is 3.51. The molecule has 1 aromatic heterocycles. The lowest BCUT2D eigenvalue weighted by Crippen LogP contribution is -2.40. The largest absolute Gasteiger partial charge is 0.376 e. The van der Waals surface area contributed by atoms with Gasteiger partial charge in [-0.1, -0.05) is 6.92 Å². The molecule has 8 nitrogen and oxygen atoms in total. The summed E-state index contributed by atoms with van der Waals surface area (Å²) in [6.07, 6.45) is 5.80. The first-order valence-electron chi connectivity index (χ1n) is 9.69. The quantitative estimate of drug-likeness (QED) is 0.537. The van der Waals surface area contributed by atoms with E-state index in [0.29, 0.717) is 29.9 Å². The number of ether oxygens (including phenoxy) is 1. The smallest absolute Gasteiger partial charge is 0.269 e. The summed E-state index contributed by atoms with van der Waals surface area (Å²) in [5.74, 6) is -0.0857. The zero-order chi connectivity index (χ0) is 20.1. The van der Waals surface area contributed by atoms with E-state index in [2.05, 4.69) is 5.10 Å². The molecule has 1 aliphatic heterocycles. The Morgan fingerprint density at radius 3 is 2.71 bits per heavy atom. The van der Waals surface area contributed by atoms with Crippen molar-refractivity contribution in [1.29, 1.82) is 0 Å². The first-order chi connectivity index (χ1) is 13.5. The van der Waals surface area contributed by atoms with Crippen LogP contribution in [0.5, 0.6) is 0 Å². The van der Waals surface area contributed by atoms with Gasteiger partial charge < -0.3 is 9.64 Å². The Bertz CT molecular complexity index is 825. The molecule has 3 rings (SSSR count). The van der Waals surface area contributed by atoms with Gasteiger partial charge >= 0.3 is 0 Å². The highest BCUT2D eigenvalue weighted by atomic mass is 16.6. The molecular formula is C20H26N4O4. The topological polar surface area (TPSA) is 90.5 Å². The maximum absolute atomic E-state index is 13.3. The van der Waals surface area contributed by atoms with Crippen molar-refractivity contribution >= 4 is 11.6 Å². The second-order valence-electron chi connectivity index (χ2n) is 7.11. The van der Waals surface area contributed by atoms with Crippen molar-refractivity contribution in [3.05, 3.63) is 46.1 Å². The number of carbonyl (C=O) groups is 1. The van der Waals surface area contributed by atoms with E-state index in [-0.39, 0.29) is 17.7 Å². The van der Waals surface area contributed by atoms with E-state index in [0.717, 1.165) is 32.3 Å². The van der Waals surface area contributed by atoms with Crippen LogP contribution in [-0.4, -0.2) is 51.3 Å². The molecule has 0 N–H and O–H groups in total. The minimum absolute atomic E-state index is 0.00890. The summed E-state index contributed by atoms with van der Waals surface area (Å²) < 4.78 is 7.42. The van der Waals surface area contributed by atoms with Crippen molar-refractivity contribution in [2.45, 2.75) is 38.7 Å². The van der Waals surface area contributed by atoms with Crippen molar-refractivity contribution in [1.82, 2.24) is 14.7 Å². The maximum Gasteiger partial charge on any atom is 0.269 e. The van der Waals surface area contributed by atoms with E-state index in [4.69, 9.17) is 4.74 Å². The number of aryl methyl sites for hydroxylation is 1. The highest BCUT2D eigenvalue weighted by Gasteiger charge is 2.26. The van der Waals surface area contributed by atoms with Gasteiger partial charge in [0.1, 0.15) is 5.69 Å². The van der Waals surface area contributed by atoms with Crippen LogP contribution in [0, 0.1) is 10.1 Å². The number of hydrogen-bond acceptors (Lipinski definition) is 5. The van der Waals surface area contributed by atoms with Gasteiger partial charge in [-0.3, -0.25) is 19.6 Å². The Hall–Kier alpha value is -2.74. The predicted octanol–water partition coefficient (Wildman–Crippen LogP) is 3.42. The Morgan fingerprint density at radius 2 is 2.11 bits per heavy atom. The zero-order valence-electron chi connectivity index (χ0n) is 16.3. The molecule has 0 radical (unpaired) electrons. The van der Waals surface area contributed by atoms with Crippen molar-refractivity contribution in [2.75, 3.05) is 19.7 Å². The molecule has 1 atom stereocenters. The normalized spacial score (nSPS) is 16.7. The van der Waals surface area contributed by atoms with Crippen LogP contribution >= 0.6 is 0 Å². The number of amides is 1. The first-order valence-corrected chi connectivity index (χ1v) is 9.69. The molecule has 0 bridgehead atoms. The summed E-state index contributed by atoms with van der Waals surface area (Å²) in [5, 5.41) is 15.3. The summed E-state index contributed by atoms with van der Waals surface area (Å²) in [4.78, 5) is 25.6. The van der Waals surface area contributed by atoms with Crippen LogP contribution in [-0.2, 0) is 11.8 Å². The molecule has 28 heavy (non-hydrogen) atoms. The number of rotatable bonds is 7. The molecule has 1 fully saturated rings. The maximum atomic E-state index is 13.3. The predicted molar refractivity (Wildman–Crippen MR) is 105 cm³/mol. The van der Waals surface area contributed by atoms with E-state index in [1.807, 2.05) is 11.8 Å². The summed E-state index contributed by atoms with van der Waals surface area (Å²) in [6.45, 7) is 4.01. The Kier molecular flexibility index (Phi) is 6.41. The Morgan fingerprint density at radius 1 is 1.36 bits per heavy atom. The number of nitro benzene ring substituents is 1. The highest BCUT2D eigenvalue weighted by Crippen LogP contribution is 2.26. The van der Waals surface area contributed by atoms with Crippen LogP contribution in [0.2, 0.25) is 0 Å². The van der Waals surface area contributed by atoms with E-state index in [1.54, 1.807) is 30.1 Å². The van der Waals surface area contributed by atoms with E-state index in [1.165, 1.54) is 12.1 Å². The van der Waals surface area contributed by atoms with E-state index in [9.17, 15) is 14.9 Å². The van der Waals surface area contributed by atoms with Crippen molar-refractivity contribution in [3.63, 3.8) is 0 Å². The molecule has 1 amide bonds. The monoisotopic (exact) mass is 386 g/mol. The molecule has 0 aliphatic carbocycles. The van der Waals surface area contributed by atoms with Crippen LogP contribution in [0.3, 0.4) is 0 Å². The Balaban J connectivity index is 1.86. The van der Waals surface area contributed by atoms with Gasteiger partial charge in [0.05, 0.1) is 16.6 Å². The highest BCUT2D eigenvalue weighted by molar-refractivity contribution is 5.99. The van der Waals surface area contributed by atoms with Gasteiger partial charge in [0.2, 0.25) is 0 Å². The first kappa shape index (κ1) is 20.0. The van der Waals surface area contributed by atoms with Gasteiger partial charge in [0.15, 0.2) is 0 Å². The summed E-state index contributed by atoms with van der Waals surface area (Å²) in [7, 11) is 1.76. The Labute approximate surface area is 164 Å². The fraction of sp³-hybridized carbons (Fsp3) is 0.500. The van der Waals surface area contributed by atoms with Gasteiger partial charge in [-0.15, -0.1) is 0 Å². The molecule has 150 valence electrons. The van der Waals surface area contributed by atoms with Crippen LogP contribution in [0.4, 0.5) is 5.69 Å². The summed E-state index contributed by atoms with van der Waals surface area (Å²) in [6, 6.07) is 6.12. The van der Waals surface area contributed by atoms with Gasteiger partial charge in [-0.2, -0.15) is 5.10 Å². The number of carbonyl (C=O) groups excluding carboxylic acids is 1. The van der Waals surface area contributed by atoms with Gasteiger partial charge in [0.25, 0.3) is 11.6 Å². The lowest BCUT2D eigenvalue weighted by atomic mass is 10.1. The standard InChI is InChI=1S/C20H26N4O4/c1-3-11-23(13-17-6-4-5-12-28-17)20(25)18-14-22(2)21-19(18)15-7-9-16(10-8-15)24(26)27/h7-10,14,17H,3-6,11-13H2,1-2H3. The van der Waals surface area contributed by atoms with Crippen molar-refractivity contribution in [3.8, 4) is 11.3 Å². The molecule has 2 aromatic rings. The number of nitro groups is 1. The molecule has 1 aromatic carbocycles. The molecule has 1 saturated heterocycles. The summed E-state index contributed by atoms with van der Waals surface area (Å²) >= 11 is 0. The summed E-state index contributed by atoms with van der Waals surface area (Å²) in [5.41, 5.74) is 1.73. The van der Waals surface area contributed by atoms with Crippen LogP contribution in [0.15, 0.2) is 30.5 Å². The molecular weight excluding hydrogens is 360 g/mol. The number of aromatic nitrogens is 2. The third kappa shape index (κ3) is 4.56. The molecule has 8 heteroatoms. The molecule has 0 spiro atoms. The average molecular weight is 386 g/mol. The van der Waals surface area contributed by atoms with Crippen LogP contribution in [0.1, 0.15) is 43.0 Å².